The molecule has 0 aliphatic heterocycles. The first kappa shape index (κ1) is 18.9. The van der Waals surface area contributed by atoms with Crippen LogP contribution in [0.15, 0.2) is 29.2 Å². The van der Waals surface area contributed by atoms with Crippen LogP contribution in [0.4, 0.5) is 0 Å². The molecule has 8 heteroatoms. The predicted octanol–water partition coefficient (Wildman–Crippen LogP) is 1.79. The number of aromatic nitrogens is 2. The van der Waals surface area contributed by atoms with E-state index in [0.29, 0.717) is 11.3 Å². The van der Waals surface area contributed by atoms with E-state index in [-0.39, 0.29) is 33.9 Å². The molecule has 0 radical (unpaired) electrons. The van der Waals surface area contributed by atoms with Crippen molar-refractivity contribution in [3.8, 4) is 11.3 Å². The minimum atomic E-state index is -3.31. The Bertz CT molecular complexity index is 926. The number of benzene rings is 1. The summed E-state index contributed by atoms with van der Waals surface area (Å²) in [5, 5.41) is 0. The molecule has 1 amide bonds. The standard InChI is InChI=1S/C17H21N3O4S/c1-6-25(23,24)13-9-7-12(8-10-13)14-15(17(22)19(3)4)20(5)16(18-14)11(2)21/h7-10H,6H2,1-5H3. The Morgan fingerprint density at radius 3 is 2.16 bits per heavy atom. The number of carbonyl (C=O) groups is 2. The molecule has 25 heavy (non-hydrogen) atoms. The monoisotopic (exact) mass is 363 g/mol. The molecule has 0 fully saturated rings. The van der Waals surface area contributed by atoms with Crippen molar-refractivity contribution in [2.75, 3.05) is 19.8 Å². The molecule has 1 aromatic heterocycles. The van der Waals surface area contributed by atoms with Crippen LogP contribution in [0.3, 0.4) is 0 Å². The van der Waals surface area contributed by atoms with Crippen LogP contribution in [0, 0.1) is 0 Å². The molecular formula is C17H21N3O4S. The van der Waals surface area contributed by atoms with Gasteiger partial charge in [0.15, 0.2) is 21.4 Å². The minimum absolute atomic E-state index is 0.00871. The van der Waals surface area contributed by atoms with Gasteiger partial charge >= 0.3 is 0 Å². The van der Waals surface area contributed by atoms with Gasteiger partial charge in [0.25, 0.3) is 5.91 Å². The highest BCUT2D eigenvalue weighted by Crippen LogP contribution is 2.26. The molecule has 1 heterocycles. The van der Waals surface area contributed by atoms with E-state index in [2.05, 4.69) is 4.98 Å². The van der Waals surface area contributed by atoms with Crippen LogP contribution >= 0.6 is 0 Å². The van der Waals surface area contributed by atoms with Crippen LogP contribution < -0.4 is 0 Å². The van der Waals surface area contributed by atoms with Gasteiger partial charge in [-0.3, -0.25) is 9.59 Å². The molecule has 0 unspecified atom stereocenters. The predicted molar refractivity (Wildman–Crippen MR) is 94.4 cm³/mol. The third kappa shape index (κ3) is 3.48. The number of Topliss-reactive ketones (excluding diaryl/α,β-unsaturated/α-hetero) is 1. The Labute approximate surface area is 147 Å². The first-order valence-electron chi connectivity index (χ1n) is 7.72. The topological polar surface area (TPSA) is 89.3 Å². The fraction of sp³-hybridized carbons (Fsp3) is 0.353. The Hall–Kier alpha value is -2.48. The highest BCUT2D eigenvalue weighted by atomic mass is 32.2. The van der Waals surface area contributed by atoms with Gasteiger partial charge in [-0.25, -0.2) is 13.4 Å². The smallest absolute Gasteiger partial charge is 0.272 e. The van der Waals surface area contributed by atoms with Crippen molar-refractivity contribution < 1.29 is 18.0 Å². The van der Waals surface area contributed by atoms with E-state index in [1.165, 1.54) is 28.5 Å². The van der Waals surface area contributed by atoms with Gasteiger partial charge in [0.1, 0.15) is 11.4 Å². The van der Waals surface area contributed by atoms with Crippen LogP contribution in [-0.4, -0.2) is 54.4 Å². The van der Waals surface area contributed by atoms with Gasteiger partial charge < -0.3 is 9.47 Å². The summed E-state index contributed by atoms with van der Waals surface area (Å²) in [6, 6.07) is 6.17. The maximum Gasteiger partial charge on any atom is 0.272 e. The molecule has 0 saturated heterocycles. The summed E-state index contributed by atoms with van der Waals surface area (Å²) in [7, 11) is 1.53. The van der Waals surface area contributed by atoms with Crippen molar-refractivity contribution in [3.05, 3.63) is 35.8 Å². The van der Waals surface area contributed by atoms with Gasteiger partial charge in [-0.2, -0.15) is 0 Å². The number of imidazole rings is 1. The van der Waals surface area contributed by atoms with E-state index in [1.54, 1.807) is 40.2 Å². The Morgan fingerprint density at radius 1 is 1.16 bits per heavy atom. The number of sulfone groups is 1. The average Bonchev–Trinajstić information content (AvgIpc) is 2.91. The Kier molecular flexibility index (Phi) is 5.12. The highest BCUT2D eigenvalue weighted by molar-refractivity contribution is 7.91. The van der Waals surface area contributed by atoms with Crippen molar-refractivity contribution >= 4 is 21.5 Å². The quantitative estimate of drug-likeness (QED) is 0.756. The molecular weight excluding hydrogens is 342 g/mol. The highest BCUT2D eigenvalue weighted by Gasteiger charge is 2.25. The lowest BCUT2D eigenvalue weighted by Crippen LogP contribution is -2.25. The third-order valence-corrected chi connectivity index (χ3v) is 5.64. The molecule has 0 bridgehead atoms. The van der Waals surface area contributed by atoms with E-state index in [1.807, 2.05) is 0 Å². The Balaban J connectivity index is 2.64. The molecule has 0 aliphatic rings. The van der Waals surface area contributed by atoms with E-state index >= 15 is 0 Å². The lowest BCUT2D eigenvalue weighted by Gasteiger charge is -2.12. The third-order valence-electron chi connectivity index (χ3n) is 3.89. The van der Waals surface area contributed by atoms with Crippen LogP contribution in [0.5, 0.6) is 0 Å². The second kappa shape index (κ2) is 6.79. The van der Waals surface area contributed by atoms with Gasteiger partial charge in [0.2, 0.25) is 0 Å². The summed E-state index contributed by atoms with van der Waals surface area (Å²) < 4.78 is 25.3. The van der Waals surface area contributed by atoms with E-state index in [0.717, 1.165) is 0 Å². The molecule has 134 valence electrons. The number of nitrogens with zero attached hydrogens (tertiary/aromatic N) is 3. The zero-order chi connectivity index (χ0) is 18.9. The SMILES string of the molecule is CCS(=O)(=O)c1ccc(-c2nc(C(C)=O)n(C)c2C(=O)N(C)C)cc1. The van der Waals surface area contributed by atoms with Gasteiger partial charge in [0, 0.05) is 33.6 Å². The van der Waals surface area contributed by atoms with Gasteiger partial charge in [0.05, 0.1) is 10.6 Å². The first-order chi connectivity index (χ1) is 11.6. The van der Waals surface area contributed by atoms with Crippen molar-refractivity contribution in [3.63, 3.8) is 0 Å². The van der Waals surface area contributed by atoms with Crippen LogP contribution in [0.25, 0.3) is 11.3 Å². The molecule has 0 N–H and O–H groups in total. The summed E-state index contributed by atoms with van der Waals surface area (Å²) in [5.41, 5.74) is 1.21. The molecule has 7 nitrogen and oxygen atoms in total. The van der Waals surface area contributed by atoms with Crippen molar-refractivity contribution in [2.24, 2.45) is 7.05 Å². The van der Waals surface area contributed by atoms with Gasteiger partial charge in [-0.05, 0) is 12.1 Å². The summed E-state index contributed by atoms with van der Waals surface area (Å²) in [5.74, 6) is -0.366. The van der Waals surface area contributed by atoms with E-state index in [9.17, 15) is 18.0 Å². The van der Waals surface area contributed by atoms with E-state index in [4.69, 9.17) is 0 Å². The van der Waals surface area contributed by atoms with Gasteiger partial charge in [-0.15, -0.1) is 0 Å². The zero-order valence-corrected chi connectivity index (χ0v) is 15.7. The molecule has 0 atom stereocenters. The largest absolute Gasteiger partial charge is 0.343 e. The maximum absolute atomic E-state index is 12.5. The van der Waals surface area contributed by atoms with Gasteiger partial charge in [-0.1, -0.05) is 19.1 Å². The fourth-order valence-electron chi connectivity index (χ4n) is 2.46. The molecule has 2 rings (SSSR count). The van der Waals surface area contributed by atoms with Crippen LogP contribution in [0.1, 0.15) is 35.0 Å². The second-order valence-electron chi connectivity index (χ2n) is 5.88. The fourth-order valence-corrected chi connectivity index (χ4v) is 3.34. The molecule has 0 saturated carbocycles. The van der Waals surface area contributed by atoms with Crippen molar-refractivity contribution in [1.82, 2.24) is 14.5 Å². The van der Waals surface area contributed by atoms with Crippen LogP contribution in [-0.2, 0) is 16.9 Å². The minimum Gasteiger partial charge on any atom is -0.343 e. The van der Waals surface area contributed by atoms with E-state index < -0.39 is 9.84 Å². The zero-order valence-electron chi connectivity index (χ0n) is 14.9. The summed E-state index contributed by atoms with van der Waals surface area (Å²) >= 11 is 0. The lowest BCUT2D eigenvalue weighted by atomic mass is 10.1. The van der Waals surface area contributed by atoms with Crippen molar-refractivity contribution in [1.29, 1.82) is 0 Å². The number of rotatable bonds is 5. The molecule has 0 aliphatic carbocycles. The Morgan fingerprint density at radius 2 is 1.72 bits per heavy atom. The number of carbonyl (C=O) groups excluding carboxylic acids is 2. The number of hydrogen-bond donors (Lipinski definition) is 0. The summed E-state index contributed by atoms with van der Waals surface area (Å²) in [6.07, 6.45) is 0. The maximum atomic E-state index is 12.5. The first-order valence-corrected chi connectivity index (χ1v) is 9.37. The average molecular weight is 363 g/mol. The number of amides is 1. The summed E-state index contributed by atoms with van der Waals surface area (Å²) in [4.78, 5) is 30.2. The number of hydrogen-bond acceptors (Lipinski definition) is 5. The van der Waals surface area contributed by atoms with Crippen LogP contribution in [0.2, 0.25) is 0 Å². The molecule has 0 spiro atoms. The molecule has 1 aromatic carbocycles. The second-order valence-corrected chi connectivity index (χ2v) is 8.15. The normalized spacial score (nSPS) is 11.4. The molecule has 2 aromatic rings. The van der Waals surface area contributed by atoms with Crippen molar-refractivity contribution in [2.45, 2.75) is 18.7 Å². The summed E-state index contributed by atoms with van der Waals surface area (Å²) in [6.45, 7) is 2.96. The lowest BCUT2D eigenvalue weighted by molar-refractivity contribution is 0.0819. The number of ketones is 1.